The van der Waals surface area contributed by atoms with Crippen molar-refractivity contribution in [2.24, 2.45) is 0 Å². The predicted octanol–water partition coefficient (Wildman–Crippen LogP) is 8.67. The number of rotatable bonds is 16. The van der Waals surface area contributed by atoms with E-state index in [2.05, 4.69) is 31.2 Å². The molecule has 176 valence electrons. The van der Waals surface area contributed by atoms with E-state index in [1.807, 2.05) is 38.1 Å². The van der Waals surface area contributed by atoms with E-state index in [0.29, 0.717) is 6.42 Å². The molecular formula is C29H42O3. The fourth-order valence-electron chi connectivity index (χ4n) is 3.82. The summed E-state index contributed by atoms with van der Waals surface area (Å²) in [6.45, 7) is 6.78. The molecule has 1 unspecified atom stereocenters. The molecule has 0 amide bonds. The van der Waals surface area contributed by atoms with Crippen molar-refractivity contribution in [3.05, 3.63) is 54.1 Å². The third-order valence-corrected chi connectivity index (χ3v) is 5.93. The molecule has 0 saturated carbocycles. The second kappa shape index (κ2) is 15.5. The molecule has 3 nitrogen and oxygen atoms in total. The first-order valence-corrected chi connectivity index (χ1v) is 12.7. The van der Waals surface area contributed by atoms with Gasteiger partial charge < -0.3 is 9.47 Å². The zero-order valence-electron chi connectivity index (χ0n) is 20.4. The summed E-state index contributed by atoms with van der Waals surface area (Å²) < 4.78 is 11.3. The first-order valence-electron chi connectivity index (χ1n) is 12.7. The number of ether oxygens (including phenoxy) is 2. The Bertz CT molecular complexity index is 749. The van der Waals surface area contributed by atoms with Gasteiger partial charge in [0, 0.05) is 6.42 Å². The number of esters is 1. The highest BCUT2D eigenvalue weighted by Gasteiger charge is 2.10. The minimum Gasteiger partial charge on any atom is -0.494 e. The summed E-state index contributed by atoms with van der Waals surface area (Å²) in [5.41, 5.74) is 3.30. The monoisotopic (exact) mass is 438 g/mol. The van der Waals surface area contributed by atoms with E-state index in [0.717, 1.165) is 35.5 Å². The summed E-state index contributed by atoms with van der Waals surface area (Å²) in [5.74, 6) is 0.761. The molecule has 0 saturated heterocycles. The van der Waals surface area contributed by atoms with Crippen molar-refractivity contribution in [2.75, 3.05) is 6.61 Å². The van der Waals surface area contributed by atoms with Crippen LogP contribution in [0.5, 0.6) is 5.75 Å². The Morgan fingerprint density at radius 3 is 1.75 bits per heavy atom. The maximum absolute atomic E-state index is 11.5. The summed E-state index contributed by atoms with van der Waals surface area (Å²) >= 11 is 0. The number of unbranched alkanes of at least 4 members (excludes halogenated alkanes) is 9. The fraction of sp³-hybridized carbons (Fsp3) is 0.552. The molecule has 0 N–H and O–H groups in total. The summed E-state index contributed by atoms with van der Waals surface area (Å²) in [5, 5.41) is 0. The summed E-state index contributed by atoms with van der Waals surface area (Å²) in [7, 11) is 0. The highest BCUT2D eigenvalue weighted by Crippen LogP contribution is 2.25. The molecule has 32 heavy (non-hydrogen) atoms. The van der Waals surface area contributed by atoms with Gasteiger partial charge in [-0.2, -0.15) is 0 Å². The number of hydrogen-bond acceptors (Lipinski definition) is 3. The fourth-order valence-corrected chi connectivity index (χ4v) is 3.82. The van der Waals surface area contributed by atoms with Gasteiger partial charge in [-0.3, -0.25) is 4.79 Å². The minimum atomic E-state index is -0.224. The Hall–Kier alpha value is -2.29. The third kappa shape index (κ3) is 9.89. The van der Waals surface area contributed by atoms with Crippen molar-refractivity contribution < 1.29 is 14.3 Å². The van der Waals surface area contributed by atoms with Gasteiger partial charge in [0.05, 0.1) is 6.61 Å². The molecule has 3 heteroatoms. The summed E-state index contributed by atoms with van der Waals surface area (Å²) in [6.07, 6.45) is 13.6. The second-order valence-corrected chi connectivity index (χ2v) is 8.66. The lowest BCUT2D eigenvalue weighted by atomic mass is 10.0. The lowest BCUT2D eigenvalue weighted by Crippen LogP contribution is -2.07. The maximum Gasteiger partial charge on any atom is 0.306 e. The van der Waals surface area contributed by atoms with E-state index in [-0.39, 0.29) is 12.1 Å². The number of hydrogen-bond donors (Lipinski definition) is 0. The van der Waals surface area contributed by atoms with Gasteiger partial charge in [0.25, 0.3) is 0 Å². The lowest BCUT2D eigenvalue weighted by Gasteiger charge is -2.13. The molecule has 0 aliphatic heterocycles. The molecule has 0 aliphatic carbocycles. The zero-order chi connectivity index (χ0) is 23.0. The SMILES string of the molecule is CCCCCCCCCCCCOc1ccc(-c2ccc(C(C)OC(=O)CC)cc2)cc1. The standard InChI is InChI=1S/C29H42O3/c1-4-6-7-8-9-10-11-12-13-14-23-31-28-21-19-27(20-22-28)26-17-15-25(16-18-26)24(3)32-29(30)5-2/h15-22,24H,4-14,23H2,1-3H3. The summed E-state index contributed by atoms with van der Waals surface area (Å²) in [4.78, 5) is 11.5. The Morgan fingerprint density at radius 1 is 0.719 bits per heavy atom. The largest absolute Gasteiger partial charge is 0.494 e. The number of benzene rings is 2. The van der Waals surface area contributed by atoms with Gasteiger partial charge in [0.2, 0.25) is 0 Å². The van der Waals surface area contributed by atoms with Gasteiger partial charge in [0.1, 0.15) is 11.9 Å². The van der Waals surface area contributed by atoms with Crippen LogP contribution < -0.4 is 4.74 Å². The van der Waals surface area contributed by atoms with Crippen LogP contribution in [0.3, 0.4) is 0 Å². The highest BCUT2D eigenvalue weighted by molar-refractivity contribution is 5.69. The Kier molecular flexibility index (Phi) is 12.6. The molecule has 0 radical (unpaired) electrons. The molecular weight excluding hydrogens is 396 g/mol. The molecule has 2 aromatic carbocycles. The van der Waals surface area contributed by atoms with Crippen molar-refractivity contribution in [1.29, 1.82) is 0 Å². The molecule has 0 heterocycles. The smallest absolute Gasteiger partial charge is 0.306 e. The zero-order valence-corrected chi connectivity index (χ0v) is 20.4. The van der Waals surface area contributed by atoms with Crippen LogP contribution in [-0.2, 0) is 9.53 Å². The third-order valence-electron chi connectivity index (χ3n) is 5.93. The first kappa shape index (κ1) is 26.0. The molecule has 0 aromatic heterocycles. The van der Waals surface area contributed by atoms with Gasteiger partial charge in [0.15, 0.2) is 0 Å². The molecule has 0 spiro atoms. The second-order valence-electron chi connectivity index (χ2n) is 8.66. The lowest BCUT2D eigenvalue weighted by molar-refractivity contribution is -0.148. The molecule has 1 atom stereocenters. The van der Waals surface area contributed by atoms with Gasteiger partial charge in [-0.25, -0.2) is 0 Å². The van der Waals surface area contributed by atoms with Crippen LogP contribution in [-0.4, -0.2) is 12.6 Å². The topological polar surface area (TPSA) is 35.5 Å². The van der Waals surface area contributed by atoms with E-state index in [4.69, 9.17) is 9.47 Å². The van der Waals surface area contributed by atoms with Crippen LogP contribution in [0.2, 0.25) is 0 Å². The van der Waals surface area contributed by atoms with Crippen molar-refractivity contribution in [3.63, 3.8) is 0 Å². The molecule has 0 fully saturated rings. The number of carbonyl (C=O) groups is 1. The first-order chi connectivity index (χ1) is 15.6. The van der Waals surface area contributed by atoms with E-state index >= 15 is 0 Å². The molecule has 0 aliphatic rings. The van der Waals surface area contributed by atoms with Gasteiger partial charge in [-0.15, -0.1) is 0 Å². The van der Waals surface area contributed by atoms with Crippen molar-refractivity contribution in [3.8, 4) is 16.9 Å². The quantitative estimate of drug-likeness (QED) is 0.194. The highest BCUT2D eigenvalue weighted by atomic mass is 16.5. The van der Waals surface area contributed by atoms with Crippen molar-refractivity contribution in [1.82, 2.24) is 0 Å². The van der Waals surface area contributed by atoms with Gasteiger partial charge >= 0.3 is 5.97 Å². The molecule has 0 bridgehead atoms. The van der Waals surface area contributed by atoms with Crippen LogP contribution in [0.25, 0.3) is 11.1 Å². The summed E-state index contributed by atoms with van der Waals surface area (Å²) in [6, 6.07) is 16.5. The van der Waals surface area contributed by atoms with Crippen molar-refractivity contribution >= 4 is 5.97 Å². The Balaban J connectivity index is 1.65. The van der Waals surface area contributed by atoms with Crippen LogP contribution in [0.15, 0.2) is 48.5 Å². The van der Waals surface area contributed by atoms with E-state index in [9.17, 15) is 4.79 Å². The van der Waals surface area contributed by atoms with Gasteiger partial charge in [-0.1, -0.05) is 108 Å². The van der Waals surface area contributed by atoms with Crippen molar-refractivity contribution in [2.45, 2.75) is 97.5 Å². The van der Waals surface area contributed by atoms with E-state index in [1.54, 1.807) is 0 Å². The Morgan fingerprint density at radius 2 is 1.22 bits per heavy atom. The van der Waals surface area contributed by atoms with Gasteiger partial charge in [-0.05, 0) is 42.2 Å². The minimum absolute atomic E-state index is 0.171. The molecule has 2 rings (SSSR count). The number of carbonyl (C=O) groups excluding carboxylic acids is 1. The van der Waals surface area contributed by atoms with Crippen LogP contribution >= 0.6 is 0 Å². The Labute approximate surface area is 195 Å². The average molecular weight is 439 g/mol. The molecule has 2 aromatic rings. The maximum atomic E-state index is 11.5. The van der Waals surface area contributed by atoms with E-state index < -0.39 is 0 Å². The normalized spacial score (nSPS) is 11.8. The van der Waals surface area contributed by atoms with Crippen LogP contribution in [0, 0.1) is 0 Å². The van der Waals surface area contributed by atoms with Crippen LogP contribution in [0.4, 0.5) is 0 Å². The predicted molar refractivity (Wildman–Crippen MR) is 134 cm³/mol. The average Bonchev–Trinajstić information content (AvgIpc) is 2.83. The van der Waals surface area contributed by atoms with Crippen LogP contribution in [0.1, 0.15) is 103 Å². The van der Waals surface area contributed by atoms with E-state index in [1.165, 1.54) is 57.8 Å².